The molecule has 0 heterocycles. The Balaban J connectivity index is 2.61. The number of thiocarbonyl (C=S) groups is 1. The maximum atomic E-state index is 11.8. The summed E-state index contributed by atoms with van der Waals surface area (Å²) in [4.78, 5) is 11.8. The first kappa shape index (κ1) is 20.3. The van der Waals surface area contributed by atoms with E-state index in [4.69, 9.17) is 27.0 Å². The molecule has 134 valence electrons. The molecule has 1 rings (SSSR count). The zero-order chi connectivity index (χ0) is 18.9. The lowest BCUT2D eigenvalue weighted by Crippen LogP contribution is -2.51. The van der Waals surface area contributed by atoms with Gasteiger partial charge in [-0.2, -0.15) is 5.26 Å². The largest absolute Gasteiger partial charge is 0.493 e. The normalized spacial score (nSPS) is 10.7. The van der Waals surface area contributed by atoms with Gasteiger partial charge in [-0.3, -0.25) is 15.6 Å². The Morgan fingerprint density at radius 1 is 1.32 bits per heavy atom. The van der Waals surface area contributed by atoms with Crippen LogP contribution in [0.1, 0.15) is 26.3 Å². The number of nitrogens with zero attached hydrogens (tertiary/aromatic N) is 1. The molecule has 0 saturated heterocycles. The molecular formula is C17H22N4O3S. The van der Waals surface area contributed by atoms with E-state index in [9.17, 15) is 4.79 Å². The van der Waals surface area contributed by atoms with Crippen LogP contribution >= 0.6 is 12.2 Å². The predicted octanol–water partition coefficient (Wildman–Crippen LogP) is 1.90. The lowest BCUT2D eigenvalue weighted by Gasteiger charge is -2.22. The second kappa shape index (κ2) is 9.49. The summed E-state index contributed by atoms with van der Waals surface area (Å²) in [5, 5.41) is 11.9. The van der Waals surface area contributed by atoms with E-state index in [0.29, 0.717) is 16.6 Å². The van der Waals surface area contributed by atoms with Gasteiger partial charge in [0.2, 0.25) is 0 Å². The molecule has 0 aliphatic rings. The van der Waals surface area contributed by atoms with Gasteiger partial charge in [-0.05, 0) is 56.8 Å². The number of amides is 1. The van der Waals surface area contributed by atoms with Gasteiger partial charge in [-0.1, -0.05) is 6.07 Å². The molecule has 1 aromatic rings. The highest BCUT2D eigenvalue weighted by Gasteiger charge is 2.10. The maximum absolute atomic E-state index is 11.8. The second-order valence-corrected chi connectivity index (χ2v) is 6.42. The number of methoxy groups -OCH3 is 1. The summed E-state index contributed by atoms with van der Waals surface area (Å²) >= 11 is 5.07. The molecule has 0 aliphatic heterocycles. The first-order valence-corrected chi connectivity index (χ1v) is 7.90. The lowest BCUT2D eigenvalue weighted by atomic mass is 10.1. The molecule has 1 aromatic carbocycles. The summed E-state index contributed by atoms with van der Waals surface area (Å²) in [5.41, 5.74) is 5.64. The SMILES string of the molecule is COc1cc(/C=C/C(=O)NNC(=S)NC(C)(C)C)ccc1OCC#N. The summed E-state index contributed by atoms with van der Waals surface area (Å²) in [6, 6.07) is 7.02. The zero-order valence-electron chi connectivity index (χ0n) is 14.7. The molecule has 0 aliphatic carbocycles. The average Bonchev–Trinajstić information content (AvgIpc) is 2.55. The minimum absolute atomic E-state index is 0.0673. The number of nitriles is 1. The summed E-state index contributed by atoms with van der Waals surface area (Å²) < 4.78 is 10.5. The van der Waals surface area contributed by atoms with Crippen molar-refractivity contribution >= 4 is 29.3 Å². The monoisotopic (exact) mass is 362 g/mol. The van der Waals surface area contributed by atoms with Crippen molar-refractivity contribution in [3.63, 3.8) is 0 Å². The molecular weight excluding hydrogens is 340 g/mol. The lowest BCUT2D eigenvalue weighted by molar-refractivity contribution is -0.117. The van der Waals surface area contributed by atoms with Gasteiger partial charge in [0.05, 0.1) is 7.11 Å². The van der Waals surface area contributed by atoms with Crippen LogP contribution in [0.2, 0.25) is 0 Å². The molecule has 25 heavy (non-hydrogen) atoms. The first-order chi connectivity index (χ1) is 11.7. The number of rotatable bonds is 5. The number of hydrogen-bond acceptors (Lipinski definition) is 5. The van der Waals surface area contributed by atoms with Crippen LogP contribution in [0.5, 0.6) is 11.5 Å². The van der Waals surface area contributed by atoms with Gasteiger partial charge in [0.15, 0.2) is 23.2 Å². The molecule has 0 bridgehead atoms. The summed E-state index contributed by atoms with van der Waals surface area (Å²) in [5.74, 6) is 0.583. The average molecular weight is 362 g/mol. The topological polar surface area (TPSA) is 95.4 Å². The zero-order valence-corrected chi connectivity index (χ0v) is 15.5. The van der Waals surface area contributed by atoms with Gasteiger partial charge in [0.1, 0.15) is 6.07 Å². The van der Waals surface area contributed by atoms with Crippen LogP contribution < -0.4 is 25.6 Å². The number of nitrogens with one attached hydrogen (secondary N) is 3. The molecule has 0 saturated carbocycles. The van der Waals surface area contributed by atoms with Crippen LogP contribution in [0.4, 0.5) is 0 Å². The van der Waals surface area contributed by atoms with Crippen molar-refractivity contribution in [3.05, 3.63) is 29.8 Å². The van der Waals surface area contributed by atoms with E-state index in [-0.39, 0.29) is 18.1 Å². The summed E-state index contributed by atoms with van der Waals surface area (Å²) in [6.45, 7) is 5.81. The number of hydrazine groups is 1. The fourth-order valence-corrected chi connectivity index (χ4v) is 2.08. The van der Waals surface area contributed by atoms with Crippen molar-refractivity contribution < 1.29 is 14.3 Å². The Morgan fingerprint density at radius 3 is 2.64 bits per heavy atom. The van der Waals surface area contributed by atoms with Crippen LogP contribution in [0, 0.1) is 11.3 Å². The fraction of sp³-hybridized carbons (Fsp3) is 0.353. The molecule has 1 amide bonds. The second-order valence-electron chi connectivity index (χ2n) is 6.01. The molecule has 7 nitrogen and oxygen atoms in total. The molecule has 8 heteroatoms. The molecule has 0 unspecified atom stereocenters. The fourth-order valence-electron chi connectivity index (χ4n) is 1.72. The Morgan fingerprint density at radius 2 is 2.04 bits per heavy atom. The number of hydrogen-bond donors (Lipinski definition) is 3. The van der Waals surface area contributed by atoms with Crippen LogP contribution in [0.15, 0.2) is 24.3 Å². The van der Waals surface area contributed by atoms with Crippen LogP contribution in [0.25, 0.3) is 6.08 Å². The molecule has 3 N–H and O–H groups in total. The Labute approximate surface area is 153 Å². The third-order valence-corrected chi connectivity index (χ3v) is 2.90. The Bertz CT molecular complexity index is 690. The van der Waals surface area contributed by atoms with E-state index < -0.39 is 0 Å². The third-order valence-electron chi connectivity index (χ3n) is 2.69. The van der Waals surface area contributed by atoms with Crippen molar-refractivity contribution in [2.45, 2.75) is 26.3 Å². The van der Waals surface area contributed by atoms with Crippen molar-refractivity contribution in [1.29, 1.82) is 5.26 Å². The van der Waals surface area contributed by atoms with Crippen molar-refractivity contribution in [3.8, 4) is 17.6 Å². The summed E-state index contributed by atoms with van der Waals surface area (Å²) in [6.07, 6.45) is 2.98. The number of carbonyl (C=O) groups excluding carboxylic acids is 1. The van der Waals surface area contributed by atoms with Crippen LogP contribution in [-0.4, -0.2) is 30.3 Å². The van der Waals surface area contributed by atoms with Gasteiger partial charge in [-0.25, -0.2) is 0 Å². The smallest absolute Gasteiger partial charge is 0.262 e. The highest BCUT2D eigenvalue weighted by Crippen LogP contribution is 2.28. The van der Waals surface area contributed by atoms with Crippen molar-refractivity contribution in [2.24, 2.45) is 0 Å². The quantitative estimate of drug-likeness (QED) is 0.418. The highest BCUT2D eigenvalue weighted by molar-refractivity contribution is 7.80. The van der Waals surface area contributed by atoms with Gasteiger partial charge >= 0.3 is 0 Å². The van der Waals surface area contributed by atoms with Crippen LogP contribution in [0.3, 0.4) is 0 Å². The number of carbonyl (C=O) groups is 1. The standard InChI is InChI=1S/C17H22N4O3S/c1-17(2,3)19-16(25)21-20-15(22)8-6-12-5-7-13(24-10-9-18)14(11-12)23-4/h5-8,11H,10H2,1-4H3,(H,20,22)(H2,19,21,25)/b8-6+. The molecule has 0 fully saturated rings. The molecule has 0 radical (unpaired) electrons. The predicted molar refractivity (Wildman–Crippen MR) is 99.9 cm³/mol. The minimum atomic E-state index is -0.359. The van der Waals surface area contributed by atoms with Gasteiger partial charge in [-0.15, -0.1) is 0 Å². The van der Waals surface area contributed by atoms with E-state index in [1.54, 1.807) is 24.3 Å². The summed E-state index contributed by atoms with van der Waals surface area (Å²) in [7, 11) is 1.50. The molecule has 0 atom stereocenters. The number of benzene rings is 1. The van der Waals surface area contributed by atoms with Crippen molar-refractivity contribution in [1.82, 2.24) is 16.2 Å². The van der Waals surface area contributed by atoms with E-state index in [1.165, 1.54) is 13.2 Å². The van der Waals surface area contributed by atoms with Gasteiger partial charge in [0.25, 0.3) is 5.91 Å². The third kappa shape index (κ3) is 8.04. The number of ether oxygens (including phenoxy) is 2. The molecule has 0 aromatic heterocycles. The van der Waals surface area contributed by atoms with Crippen molar-refractivity contribution in [2.75, 3.05) is 13.7 Å². The maximum Gasteiger partial charge on any atom is 0.262 e. The van der Waals surface area contributed by atoms with Gasteiger partial charge < -0.3 is 14.8 Å². The van der Waals surface area contributed by atoms with E-state index in [1.807, 2.05) is 26.8 Å². The van der Waals surface area contributed by atoms with E-state index >= 15 is 0 Å². The van der Waals surface area contributed by atoms with E-state index in [0.717, 1.165) is 5.56 Å². The van der Waals surface area contributed by atoms with E-state index in [2.05, 4.69) is 16.2 Å². The Kier molecular flexibility index (Phi) is 7.69. The first-order valence-electron chi connectivity index (χ1n) is 7.49. The van der Waals surface area contributed by atoms with Crippen LogP contribution in [-0.2, 0) is 4.79 Å². The van der Waals surface area contributed by atoms with Gasteiger partial charge in [0, 0.05) is 11.6 Å². The highest BCUT2D eigenvalue weighted by atomic mass is 32.1. The minimum Gasteiger partial charge on any atom is -0.493 e. The Hall–Kier alpha value is -2.79. The molecule has 0 spiro atoms.